The third kappa shape index (κ3) is 4.39. The number of sulfone groups is 1. The van der Waals surface area contributed by atoms with Crippen molar-refractivity contribution >= 4 is 9.84 Å². The van der Waals surface area contributed by atoms with Crippen molar-refractivity contribution in [2.24, 2.45) is 5.92 Å². The van der Waals surface area contributed by atoms with Gasteiger partial charge in [0.15, 0.2) is 9.84 Å². The highest BCUT2D eigenvalue weighted by Gasteiger charge is 2.19. The predicted molar refractivity (Wildman–Crippen MR) is 65.3 cm³/mol. The highest BCUT2D eigenvalue weighted by molar-refractivity contribution is 7.92. The Bertz CT molecular complexity index is 284. The first-order valence-corrected chi connectivity index (χ1v) is 7.78. The van der Waals surface area contributed by atoms with Crippen LogP contribution in [0.3, 0.4) is 0 Å². The van der Waals surface area contributed by atoms with Crippen LogP contribution >= 0.6 is 0 Å². The van der Waals surface area contributed by atoms with Crippen LogP contribution in [0.4, 0.5) is 0 Å². The molecule has 0 aromatic rings. The Balaban J connectivity index is 2.14. The van der Waals surface area contributed by atoms with Gasteiger partial charge in [0, 0.05) is 19.7 Å². The molecular weight excluding hydrogens is 226 g/mol. The number of hydrogen-bond donors (Lipinski definition) is 1. The van der Waals surface area contributed by atoms with E-state index in [4.69, 9.17) is 4.74 Å². The Kier molecular flexibility index (Phi) is 5.72. The van der Waals surface area contributed by atoms with Crippen LogP contribution in [0.5, 0.6) is 0 Å². The van der Waals surface area contributed by atoms with Crippen LogP contribution < -0.4 is 5.32 Å². The van der Waals surface area contributed by atoms with Crippen LogP contribution in [0.2, 0.25) is 0 Å². The highest BCUT2D eigenvalue weighted by atomic mass is 32.2. The summed E-state index contributed by atoms with van der Waals surface area (Å²) in [5.41, 5.74) is 0. The van der Waals surface area contributed by atoms with E-state index in [0.717, 1.165) is 26.2 Å². The lowest BCUT2D eigenvalue weighted by molar-refractivity contribution is 0.185. The van der Waals surface area contributed by atoms with E-state index < -0.39 is 9.84 Å². The van der Waals surface area contributed by atoms with E-state index in [-0.39, 0.29) is 11.0 Å². The van der Waals surface area contributed by atoms with Crippen molar-refractivity contribution in [1.29, 1.82) is 0 Å². The van der Waals surface area contributed by atoms with E-state index in [1.807, 2.05) is 6.92 Å². The molecule has 2 unspecified atom stereocenters. The second-order valence-electron chi connectivity index (χ2n) is 4.52. The first kappa shape index (κ1) is 13.9. The summed E-state index contributed by atoms with van der Waals surface area (Å²) >= 11 is 0. The summed E-state index contributed by atoms with van der Waals surface area (Å²) < 4.78 is 28.6. The summed E-state index contributed by atoms with van der Waals surface area (Å²) in [5, 5.41) is 2.98. The van der Waals surface area contributed by atoms with Gasteiger partial charge in [-0.05, 0) is 25.7 Å². The van der Waals surface area contributed by atoms with Crippen molar-refractivity contribution in [3.8, 4) is 0 Å². The molecule has 1 rings (SSSR count). The first-order chi connectivity index (χ1) is 7.56. The van der Waals surface area contributed by atoms with Crippen molar-refractivity contribution < 1.29 is 13.2 Å². The predicted octanol–water partition coefficient (Wildman–Crippen LogP) is 0.826. The summed E-state index contributed by atoms with van der Waals surface area (Å²) in [7, 11) is -2.90. The quantitative estimate of drug-likeness (QED) is 0.679. The molecule has 2 atom stereocenters. The van der Waals surface area contributed by atoms with Crippen LogP contribution in [-0.2, 0) is 14.6 Å². The lowest BCUT2D eigenvalue weighted by atomic mass is 10.1. The second-order valence-corrected chi connectivity index (χ2v) is 7.06. The molecule has 1 aliphatic rings. The summed E-state index contributed by atoms with van der Waals surface area (Å²) in [6, 6.07) is 0. The molecule has 1 saturated heterocycles. The molecule has 1 N–H and O–H groups in total. The van der Waals surface area contributed by atoms with Gasteiger partial charge in [0.1, 0.15) is 0 Å². The van der Waals surface area contributed by atoms with Gasteiger partial charge in [-0.1, -0.05) is 6.92 Å². The monoisotopic (exact) mass is 249 g/mol. The normalized spacial score (nSPS) is 23.5. The van der Waals surface area contributed by atoms with Gasteiger partial charge in [-0.15, -0.1) is 0 Å². The van der Waals surface area contributed by atoms with Crippen LogP contribution in [-0.4, -0.2) is 45.7 Å². The van der Waals surface area contributed by atoms with Crippen LogP contribution in [0.15, 0.2) is 0 Å². The average molecular weight is 249 g/mol. The third-order valence-electron chi connectivity index (χ3n) is 3.21. The zero-order chi connectivity index (χ0) is 12.0. The molecule has 0 amide bonds. The minimum absolute atomic E-state index is 0.218. The van der Waals surface area contributed by atoms with Crippen molar-refractivity contribution in [1.82, 2.24) is 5.32 Å². The Hall–Kier alpha value is -0.130. The highest BCUT2D eigenvalue weighted by Crippen LogP contribution is 2.10. The maximum Gasteiger partial charge on any atom is 0.154 e. The Labute approximate surface area is 98.7 Å². The molecule has 1 aliphatic heterocycles. The van der Waals surface area contributed by atoms with E-state index in [2.05, 4.69) is 5.32 Å². The fourth-order valence-corrected chi connectivity index (χ4v) is 3.06. The van der Waals surface area contributed by atoms with Crippen molar-refractivity contribution in [3.05, 3.63) is 0 Å². The molecule has 0 bridgehead atoms. The summed E-state index contributed by atoms with van der Waals surface area (Å²) in [6.45, 7) is 6.77. The van der Waals surface area contributed by atoms with Gasteiger partial charge in [-0.3, -0.25) is 0 Å². The molecule has 5 heteroatoms. The van der Waals surface area contributed by atoms with Crippen LogP contribution in [0.25, 0.3) is 0 Å². The van der Waals surface area contributed by atoms with Gasteiger partial charge in [0.25, 0.3) is 0 Å². The maximum atomic E-state index is 11.7. The van der Waals surface area contributed by atoms with Gasteiger partial charge in [-0.2, -0.15) is 0 Å². The number of rotatable bonds is 7. The minimum Gasteiger partial charge on any atom is -0.381 e. The molecule has 0 aromatic heterocycles. The standard InChI is InChI=1S/C11H23NO3S/c1-3-10(2)16(13,14)7-5-12-8-11-4-6-15-9-11/h10-12H,3-9H2,1-2H3. The van der Waals surface area contributed by atoms with Gasteiger partial charge >= 0.3 is 0 Å². The van der Waals surface area contributed by atoms with Gasteiger partial charge < -0.3 is 10.1 Å². The topological polar surface area (TPSA) is 55.4 Å². The molecule has 0 aromatic carbocycles. The average Bonchev–Trinajstić information content (AvgIpc) is 2.76. The molecule has 0 spiro atoms. The van der Waals surface area contributed by atoms with Gasteiger partial charge in [-0.25, -0.2) is 8.42 Å². The molecule has 0 saturated carbocycles. The zero-order valence-electron chi connectivity index (χ0n) is 10.2. The van der Waals surface area contributed by atoms with Crippen molar-refractivity contribution in [3.63, 3.8) is 0 Å². The largest absolute Gasteiger partial charge is 0.381 e. The fourth-order valence-electron chi connectivity index (χ4n) is 1.72. The number of hydrogen-bond acceptors (Lipinski definition) is 4. The van der Waals surface area contributed by atoms with E-state index in [1.165, 1.54) is 0 Å². The molecule has 1 heterocycles. The SMILES string of the molecule is CCC(C)S(=O)(=O)CCNCC1CCOC1. The van der Waals surface area contributed by atoms with Crippen LogP contribution in [0.1, 0.15) is 26.7 Å². The lowest BCUT2D eigenvalue weighted by Gasteiger charge is -2.12. The van der Waals surface area contributed by atoms with Gasteiger partial charge in [0.05, 0.1) is 17.6 Å². The smallest absolute Gasteiger partial charge is 0.154 e. The molecule has 1 fully saturated rings. The van der Waals surface area contributed by atoms with Gasteiger partial charge in [0.2, 0.25) is 0 Å². The molecule has 16 heavy (non-hydrogen) atoms. The Morgan fingerprint density at radius 1 is 1.50 bits per heavy atom. The Morgan fingerprint density at radius 3 is 2.81 bits per heavy atom. The first-order valence-electron chi connectivity index (χ1n) is 6.06. The van der Waals surface area contributed by atoms with Crippen molar-refractivity contribution in [2.45, 2.75) is 31.9 Å². The van der Waals surface area contributed by atoms with E-state index >= 15 is 0 Å². The second kappa shape index (κ2) is 6.57. The number of ether oxygens (including phenoxy) is 1. The van der Waals surface area contributed by atoms with Crippen molar-refractivity contribution in [2.75, 3.05) is 32.1 Å². The fraction of sp³-hybridized carbons (Fsp3) is 1.00. The van der Waals surface area contributed by atoms with E-state index in [9.17, 15) is 8.42 Å². The molecule has 96 valence electrons. The number of nitrogens with one attached hydrogen (secondary N) is 1. The molecule has 0 radical (unpaired) electrons. The summed E-state index contributed by atoms with van der Waals surface area (Å²) in [4.78, 5) is 0. The van der Waals surface area contributed by atoms with E-state index in [1.54, 1.807) is 6.92 Å². The van der Waals surface area contributed by atoms with Crippen LogP contribution in [0, 0.1) is 5.92 Å². The molecular formula is C11H23NO3S. The lowest BCUT2D eigenvalue weighted by Crippen LogP contribution is -2.31. The summed E-state index contributed by atoms with van der Waals surface area (Å²) in [5.74, 6) is 0.807. The van der Waals surface area contributed by atoms with E-state index in [0.29, 0.717) is 18.9 Å². The zero-order valence-corrected chi connectivity index (χ0v) is 11.1. The Morgan fingerprint density at radius 2 is 2.25 bits per heavy atom. The maximum absolute atomic E-state index is 11.7. The minimum atomic E-state index is -2.90. The summed E-state index contributed by atoms with van der Waals surface area (Å²) in [6.07, 6.45) is 1.78. The molecule has 0 aliphatic carbocycles. The third-order valence-corrected chi connectivity index (χ3v) is 5.54. The molecule has 4 nitrogen and oxygen atoms in total.